The van der Waals surface area contributed by atoms with Crippen LogP contribution < -0.4 is 11.1 Å². The van der Waals surface area contributed by atoms with Gasteiger partial charge in [-0.1, -0.05) is 22.9 Å². The van der Waals surface area contributed by atoms with Crippen LogP contribution >= 0.6 is 15.9 Å². The number of hydrogen-bond acceptors (Lipinski definition) is 2. The van der Waals surface area contributed by atoms with Crippen molar-refractivity contribution >= 4 is 33.2 Å². The topological polar surface area (TPSA) is 55.1 Å². The van der Waals surface area contributed by atoms with Crippen LogP contribution in [0.5, 0.6) is 0 Å². The molecule has 0 aliphatic heterocycles. The fraction of sp³-hybridized carbons (Fsp3) is 0.364. The van der Waals surface area contributed by atoms with E-state index in [4.69, 9.17) is 5.73 Å². The zero-order valence-corrected chi connectivity index (χ0v) is 10.0. The van der Waals surface area contributed by atoms with Gasteiger partial charge < -0.3 is 11.1 Å². The molecule has 1 saturated carbocycles. The number of rotatable bonds is 2. The molecule has 0 radical (unpaired) electrons. The molecule has 0 aromatic heterocycles. The monoisotopic (exact) mass is 268 g/mol. The van der Waals surface area contributed by atoms with E-state index in [1.165, 1.54) is 0 Å². The molecule has 3 N–H and O–H groups in total. The Kier molecular flexibility index (Phi) is 2.69. The van der Waals surface area contributed by atoms with Crippen molar-refractivity contribution in [3.63, 3.8) is 0 Å². The van der Waals surface area contributed by atoms with E-state index in [0.717, 1.165) is 10.9 Å². The third-order valence-electron chi connectivity index (χ3n) is 2.72. The predicted molar refractivity (Wildman–Crippen MR) is 64.5 cm³/mol. The molecule has 1 aromatic rings. The fourth-order valence-corrected chi connectivity index (χ4v) is 1.94. The van der Waals surface area contributed by atoms with E-state index < -0.39 is 0 Å². The normalized spacial score (nSPS) is 23.6. The number of nitrogen functional groups attached to an aromatic ring is 1. The smallest absolute Gasteiger partial charge is 0.227 e. The zero-order chi connectivity index (χ0) is 11.0. The summed E-state index contributed by atoms with van der Waals surface area (Å²) in [5.41, 5.74) is 7.07. The second-order valence-corrected chi connectivity index (χ2v) is 4.96. The zero-order valence-electron chi connectivity index (χ0n) is 8.46. The Morgan fingerprint density at radius 2 is 2.27 bits per heavy atom. The highest BCUT2D eigenvalue weighted by Crippen LogP contribution is 2.38. The number of carbonyl (C=O) groups excluding carboxylic acids is 1. The Bertz CT molecular complexity index is 406. The first-order valence-electron chi connectivity index (χ1n) is 4.94. The molecule has 0 spiro atoms. The number of nitrogens with one attached hydrogen (secondary N) is 1. The highest BCUT2D eigenvalue weighted by molar-refractivity contribution is 9.10. The van der Waals surface area contributed by atoms with Crippen LogP contribution in [0, 0.1) is 11.8 Å². The van der Waals surface area contributed by atoms with Gasteiger partial charge in [0.15, 0.2) is 0 Å². The Morgan fingerprint density at radius 1 is 1.60 bits per heavy atom. The van der Waals surface area contributed by atoms with Crippen LogP contribution in [0.25, 0.3) is 0 Å². The van der Waals surface area contributed by atoms with Crippen LogP contribution in [0.4, 0.5) is 11.4 Å². The van der Waals surface area contributed by atoms with E-state index >= 15 is 0 Å². The summed E-state index contributed by atoms with van der Waals surface area (Å²) in [5, 5.41) is 2.84. The lowest BCUT2D eigenvalue weighted by molar-refractivity contribution is -0.117. The van der Waals surface area contributed by atoms with E-state index in [9.17, 15) is 4.79 Å². The van der Waals surface area contributed by atoms with Crippen LogP contribution in [0.3, 0.4) is 0 Å². The Balaban J connectivity index is 2.07. The molecule has 1 aromatic carbocycles. The number of hydrogen-bond donors (Lipinski definition) is 2. The molecule has 2 atom stereocenters. The van der Waals surface area contributed by atoms with Gasteiger partial charge in [-0.05, 0) is 30.5 Å². The van der Waals surface area contributed by atoms with Crippen LogP contribution in [0.1, 0.15) is 13.3 Å². The highest BCUT2D eigenvalue weighted by atomic mass is 79.9. The summed E-state index contributed by atoms with van der Waals surface area (Å²) in [6.07, 6.45) is 0.988. The van der Waals surface area contributed by atoms with Gasteiger partial charge in [0, 0.05) is 10.4 Å². The Morgan fingerprint density at radius 3 is 2.80 bits per heavy atom. The average Bonchev–Trinajstić information content (AvgIpc) is 2.88. The molecule has 15 heavy (non-hydrogen) atoms. The maximum atomic E-state index is 11.6. The third kappa shape index (κ3) is 2.31. The first-order chi connectivity index (χ1) is 7.08. The molecular weight excluding hydrogens is 256 g/mol. The van der Waals surface area contributed by atoms with Gasteiger partial charge in [0.25, 0.3) is 0 Å². The molecule has 4 heteroatoms. The molecule has 0 heterocycles. The van der Waals surface area contributed by atoms with Gasteiger partial charge in [0.05, 0.1) is 11.4 Å². The minimum atomic E-state index is 0.0801. The Hall–Kier alpha value is -1.03. The van der Waals surface area contributed by atoms with E-state index in [1.807, 2.05) is 12.1 Å². The quantitative estimate of drug-likeness (QED) is 0.811. The van der Waals surface area contributed by atoms with Crippen LogP contribution in [0.2, 0.25) is 0 Å². The maximum Gasteiger partial charge on any atom is 0.227 e. The number of amides is 1. The van der Waals surface area contributed by atoms with Gasteiger partial charge in [-0.15, -0.1) is 0 Å². The number of halogens is 1. The van der Waals surface area contributed by atoms with Crippen molar-refractivity contribution in [2.24, 2.45) is 11.8 Å². The number of nitrogens with two attached hydrogens (primary N) is 1. The number of benzene rings is 1. The molecule has 1 fully saturated rings. The molecule has 3 nitrogen and oxygen atoms in total. The summed E-state index contributed by atoms with van der Waals surface area (Å²) >= 11 is 3.32. The molecule has 2 unspecified atom stereocenters. The van der Waals surface area contributed by atoms with Crippen LogP contribution in [-0.2, 0) is 4.79 Å². The van der Waals surface area contributed by atoms with Crippen molar-refractivity contribution in [3.8, 4) is 0 Å². The second kappa shape index (κ2) is 3.85. The summed E-state index contributed by atoms with van der Waals surface area (Å²) < 4.78 is 0.915. The molecule has 1 aliphatic rings. The molecule has 0 saturated heterocycles. The number of anilines is 2. The molecule has 2 rings (SSSR count). The van der Waals surface area contributed by atoms with Gasteiger partial charge in [0.2, 0.25) is 5.91 Å². The van der Waals surface area contributed by atoms with Crippen molar-refractivity contribution in [1.82, 2.24) is 0 Å². The van der Waals surface area contributed by atoms with E-state index in [-0.39, 0.29) is 11.8 Å². The minimum absolute atomic E-state index is 0.0801. The van der Waals surface area contributed by atoms with Gasteiger partial charge in [-0.25, -0.2) is 0 Å². The lowest BCUT2D eigenvalue weighted by atomic mass is 10.2. The Labute approximate surface area is 97.2 Å². The fourth-order valence-electron chi connectivity index (χ4n) is 1.56. The van der Waals surface area contributed by atoms with E-state index in [2.05, 4.69) is 28.2 Å². The summed E-state index contributed by atoms with van der Waals surface area (Å²) in [7, 11) is 0. The molecular formula is C11H13BrN2O. The molecule has 0 bridgehead atoms. The SMILES string of the molecule is CC1CC1C(=O)Nc1ccc(Br)cc1N. The summed E-state index contributed by atoms with van der Waals surface area (Å²) in [5.74, 6) is 0.770. The van der Waals surface area contributed by atoms with Crippen molar-refractivity contribution in [1.29, 1.82) is 0 Å². The van der Waals surface area contributed by atoms with Crippen molar-refractivity contribution in [3.05, 3.63) is 22.7 Å². The van der Waals surface area contributed by atoms with Gasteiger partial charge in [-0.3, -0.25) is 4.79 Å². The van der Waals surface area contributed by atoms with Crippen LogP contribution in [0.15, 0.2) is 22.7 Å². The third-order valence-corrected chi connectivity index (χ3v) is 3.21. The molecule has 80 valence electrons. The highest BCUT2D eigenvalue weighted by Gasteiger charge is 2.39. The average molecular weight is 269 g/mol. The molecule has 1 aliphatic carbocycles. The largest absolute Gasteiger partial charge is 0.397 e. The lowest BCUT2D eigenvalue weighted by Gasteiger charge is -2.07. The molecule has 1 amide bonds. The minimum Gasteiger partial charge on any atom is -0.397 e. The van der Waals surface area contributed by atoms with Crippen molar-refractivity contribution in [2.45, 2.75) is 13.3 Å². The summed E-state index contributed by atoms with van der Waals surface area (Å²) in [6, 6.07) is 5.46. The summed E-state index contributed by atoms with van der Waals surface area (Å²) in [4.78, 5) is 11.6. The van der Waals surface area contributed by atoms with Crippen molar-refractivity contribution in [2.75, 3.05) is 11.1 Å². The first kappa shape index (κ1) is 10.5. The summed E-state index contributed by atoms with van der Waals surface area (Å²) in [6.45, 7) is 2.08. The van der Waals surface area contributed by atoms with Crippen LogP contribution in [-0.4, -0.2) is 5.91 Å². The van der Waals surface area contributed by atoms with Gasteiger partial charge in [0.1, 0.15) is 0 Å². The predicted octanol–water partition coefficient (Wildman–Crippen LogP) is 2.63. The second-order valence-electron chi connectivity index (χ2n) is 4.04. The first-order valence-corrected chi connectivity index (χ1v) is 5.73. The van der Waals surface area contributed by atoms with E-state index in [1.54, 1.807) is 6.07 Å². The van der Waals surface area contributed by atoms with Gasteiger partial charge >= 0.3 is 0 Å². The van der Waals surface area contributed by atoms with Gasteiger partial charge in [-0.2, -0.15) is 0 Å². The number of carbonyl (C=O) groups is 1. The lowest BCUT2D eigenvalue weighted by Crippen LogP contribution is -2.15. The van der Waals surface area contributed by atoms with Crippen molar-refractivity contribution < 1.29 is 4.79 Å². The standard InChI is InChI=1S/C11H13BrN2O/c1-6-4-8(6)11(15)14-10-3-2-7(12)5-9(10)13/h2-3,5-6,8H,4,13H2,1H3,(H,14,15). The maximum absolute atomic E-state index is 11.6. The van der Waals surface area contributed by atoms with E-state index in [0.29, 0.717) is 17.3 Å².